The molecule has 1 aliphatic heterocycles. The molecule has 0 saturated carbocycles. The summed E-state index contributed by atoms with van der Waals surface area (Å²) in [5.41, 5.74) is -0.134. The Morgan fingerprint density at radius 1 is 1.47 bits per heavy atom. The summed E-state index contributed by atoms with van der Waals surface area (Å²) in [5.74, 6) is 2.98. The van der Waals surface area contributed by atoms with Gasteiger partial charge in [0.25, 0.3) is 0 Å². The first-order valence-corrected chi connectivity index (χ1v) is 7.89. The van der Waals surface area contributed by atoms with E-state index in [0.29, 0.717) is 23.9 Å². The molecular weight excluding hydrogens is 230 g/mol. The zero-order chi connectivity index (χ0) is 13.1. The van der Waals surface area contributed by atoms with Gasteiger partial charge in [0.2, 0.25) is 0 Å². The zero-order valence-electron chi connectivity index (χ0n) is 12.0. The van der Waals surface area contributed by atoms with E-state index >= 15 is 0 Å². The minimum atomic E-state index is -0.569. The molecule has 0 spiro atoms. The van der Waals surface area contributed by atoms with Gasteiger partial charge >= 0.3 is 0 Å². The number of hydrogen-bond acceptors (Lipinski definition) is 3. The minimum absolute atomic E-state index is 0.435. The molecule has 1 rings (SSSR count). The van der Waals surface area contributed by atoms with Crippen LogP contribution in [0.4, 0.5) is 0 Å². The Bertz CT molecular complexity index is 238. The fourth-order valence-electron chi connectivity index (χ4n) is 2.71. The first-order chi connectivity index (χ1) is 7.70. The van der Waals surface area contributed by atoms with Crippen molar-refractivity contribution < 1.29 is 5.11 Å². The van der Waals surface area contributed by atoms with Crippen molar-refractivity contribution in [3.8, 4) is 0 Å². The Labute approximate surface area is 111 Å². The number of hydrogen-bond donors (Lipinski definition) is 2. The summed E-state index contributed by atoms with van der Waals surface area (Å²) in [4.78, 5) is 0. The van der Waals surface area contributed by atoms with Gasteiger partial charge in [-0.3, -0.25) is 0 Å². The molecule has 0 aliphatic carbocycles. The molecule has 1 aliphatic rings. The third-order valence-corrected chi connectivity index (χ3v) is 4.85. The van der Waals surface area contributed by atoms with Crippen molar-refractivity contribution in [3.63, 3.8) is 0 Å². The van der Waals surface area contributed by atoms with Gasteiger partial charge in [-0.15, -0.1) is 0 Å². The lowest BCUT2D eigenvalue weighted by Gasteiger charge is -2.37. The smallest absolute Gasteiger partial charge is 0.0746 e. The topological polar surface area (TPSA) is 32.3 Å². The lowest BCUT2D eigenvalue weighted by atomic mass is 9.87. The first-order valence-electron chi connectivity index (χ1n) is 6.74. The predicted octanol–water partition coefficient (Wildman–Crippen LogP) is 2.90. The molecule has 0 aromatic carbocycles. The number of aliphatic hydroxyl groups is 1. The van der Waals surface area contributed by atoms with Crippen LogP contribution in [-0.4, -0.2) is 34.8 Å². The van der Waals surface area contributed by atoms with Gasteiger partial charge in [-0.2, -0.15) is 11.8 Å². The van der Waals surface area contributed by atoms with E-state index in [0.717, 1.165) is 6.42 Å². The van der Waals surface area contributed by atoms with Gasteiger partial charge in [0.15, 0.2) is 0 Å². The van der Waals surface area contributed by atoms with E-state index in [1.54, 1.807) is 0 Å². The van der Waals surface area contributed by atoms with Crippen LogP contribution in [0, 0.1) is 11.3 Å². The second-order valence-electron chi connectivity index (χ2n) is 7.06. The fraction of sp³-hybridized carbons (Fsp3) is 1.00. The summed E-state index contributed by atoms with van der Waals surface area (Å²) < 4.78 is 0. The Balaban J connectivity index is 2.35. The van der Waals surface area contributed by atoms with E-state index in [-0.39, 0.29) is 0 Å². The highest BCUT2D eigenvalue weighted by Crippen LogP contribution is 2.33. The Kier molecular flexibility index (Phi) is 5.36. The Morgan fingerprint density at radius 3 is 2.65 bits per heavy atom. The summed E-state index contributed by atoms with van der Waals surface area (Å²) in [5, 5.41) is 13.8. The highest BCUT2D eigenvalue weighted by Gasteiger charge is 2.30. The highest BCUT2D eigenvalue weighted by atomic mass is 32.2. The average Bonchev–Trinajstić information content (AvgIpc) is 2.11. The predicted molar refractivity (Wildman–Crippen MR) is 77.6 cm³/mol. The number of rotatable bonds is 5. The second kappa shape index (κ2) is 5.94. The fourth-order valence-corrected chi connectivity index (χ4v) is 4.02. The monoisotopic (exact) mass is 259 g/mol. The maximum absolute atomic E-state index is 10.3. The van der Waals surface area contributed by atoms with Crippen molar-refractivity contribution in [2.45, 2.75) is 59.1 Å². The lowest BCUT2D eigenvalue weighted by molar-refractivity contribution is 0.0351. The van der Waals surface area contributed by atoms with Crippen LogP contribution in [0.5, 0.6) is 0 Å². The van der Waals surface area contributed by atoms with Crippen molar-refractivity contribution in [2.24, 2.45) is 11.3 Å². The van der Waals surface area contributed by atoms with Crippen molar-refractivity contribution >= 4 is 11.8 Å². The Hall–Kier alpha value is 0.270. The third-order valence-electron chi connectivity index (χ3n) is 3.23. The molecule has 17 heavy (non-hydrogen) atoms. The molecule has 2 N–H and O–H groups in total. The van der Waals surface area contributed by atoms with E-state index in [9.17, 15) is 5.11 Å². The maximum Gasteiger partial charge on any atom is 0.0746 e. The van der Waals surface area contributed by atoms with Crippen molar-refractivity contribution in [1.29, 1.82) is 0 Å². The molecular formula is C14H29NOS. The van der Waals surface area contributed by atoms with Crippen LogP contribution in [0.3, 0.4) is 0 Å². The van der Waals surface area contributed by atoms with Gasteiger partial charge in [-0.05, 0) is 36.9 Å². The molecule has 0 amide bonds. The van der Waals surface area contributed by atoms with E-state index in [1.165, 1.54) is 17.9 Å². The van der Waals surface area contributed by atoms with Crippen LogP contribution in [0.2, 0.25) is 0 Å². The molecule has 1 saturated heterocycles. The summed E-state index contributed by atoms with van der Waals surface area (Å²) in [6, 6.07) is 0.558. The van der Waals surface area contributed by atoms with Gasteiger partial charge in [0, 0.05) is 18.3 Å². The standard InChI is InChI=1S/C14H29NOS/c1-11(2)6-14(5,16)9-15-12-7-13(3,4)10-17-8-12/h11-12,15-16H,6-10H2,1-5H3. The van der Waals surface area contributed by atoms with Crippen LogP contribution in [0.1, 0.15) is 47.5 Å². The molecule has 0 aromatic heterocycles. The molecule has 1 fully saturated rings. The molecule has 102 valence electrons. The zero-order valence-corrected chi connectivity index (χ0v) is 12.9. The molecule has 0 radical (unpaired) electrons. The summed E-state index contributed by atoms with van der Waals surface area (Å²) >= 11 is 2.03. The molecule has 3 heteroatoms. The van der Waals surface area contributed by atoms with Crippen LogP contribution in [0.25, 0.3) is 0 Å². The second-order valence-corrected chi connectivity index (χ2v) is 8.09. The van der Waals surface area contributed by atoms with E-state index in [2.05, 4.69) is 33.0 Å². The summed E-state index contributed by atoms with van der Waals surface area (Å²) in [6.45, 7) is 11.6. The summed E-state index contributed by atoms with van der Waals surface area (Å²) in [7, 11) is 0. The largest absolute Gasteiger partial charge is 0.389 e. The third kappa shape index (κ3) is 6.12. The molecule has 2 unspecified atom stereocenters. The van der Waals surface area contributed by atoms with Crippen LogP contribution < -0.4 is 5.32 Å². The maximum atomic E-state index is 10.3. The van der Waals surface area contributed by atoms with Gasteiger partial charge < -0.3 is 10.4 Å². The quantitative estimate of drug-likeness (QED) is 0.796. The van der Waals surface area contributed by atoms with E-state index in [1.807, 2.05) is 18.7 Å². The normalized spacial score (nSPS) is 28.1. The van der Waals surface area contributed by atoms with Gasteiger partial charge in [-0.25, -0.2) is 0 Å². The van der Waals surface area contributed by atoms with Crippen molar-refractivity contribution in [2.75, 3.05) is 18.1 Å². The van der Waals surface area contributed by atoms with Crippen LogP contribution >= 0.6 is 11.8 Å². The number of nitrogens with one attached hydrogen (secondary N) is 1. The number of thioether (sulfide) groups is 1. The lowest BCUT2D eigenvalue weighted by Crippen LogP contribution is -2.47. The van der Waals surface area contributed by atoms with Gasteiger partial charge in [0.1, 0.15) is 0 Å². The molecule has 2 nitrogen and oxygen atoms in total. The molecule has 2 atom stereocenters. The minimum Gasteiger partial charge on any atom is -0.389 e. The Morgan fingerprint density at radius 2 is 2.12 bits per heavy atom. The van der Waals surface area contributed by atoms with Crippen molar-refractivity contribution in [1.82, 2.24) is 5.32 Å². The van der Waals surface area contributed by atoms with Gasteiger partial charge in [0.05, 0.1) is 5.60 Å². The molecule has 0 aromatic rings. The average molecular weight is 259 g/mol. The SMILES string of the molecule is CC(C)CC(C)(O)CNC1CSCC(C)(C)C1. The molecule has 1 heterocycles. The first kappa shape index (κ1) is 15.3. The van der Waals surface area contributed by atoms with Gasteiger partial charge in [-0.1, -0.05) is 27.7 Å². The van der Waals surface area contributed by atoms with E-state index < -0.39 is 5.60 Å². The summed E-state index contributed by atoms with van der Waals surface area (Å²) in [6.07, 6.45) is 2.08. The van der Waals surface area contributed by atoms with Crippen molar-refractivity contribution in [3.05, 3.63) is 0 Å². The highest BCUT2D eigenvalue weighted by molar-refractivity contribution is 7.99. The van der Waals surface area contributed by atoms with E-state index in [4.69, 9.17) is 0 Å². The van der Waals surface area contributed by atoms with Crippen LogP contribution in [-0.2, 0) is 0 Å². The molecule has 0 bridgehead atoms. The van der Waals surface area contributed by atoms with Crippen LogP contribution in [0.15, 0.2) is 0 Å².